The summed E-state index contributed by atoms with van der Waals surface area (Å²) in [6.07, 6.45) is 3.48. The Labute approximate surface area is 128 Å². The molecule has 1 fully saturated rings. The average Bonchev–Trinajstić information content (AvgIpc) is 2.81. The second-order valence-corrected chi connectivity index (χ2v) is 6.42. The number of H-pyrrole nitrogens is 1. The SMILES string of the molecule is CC(C)c1[nH]nc(C(=O)N(C)C[C@@H]2CCCCO2)c1Br. The van der Waals surface area contributed by atoms with E-state index in [1.165, 1.54) is 6.42 Å². The highest BCUT2D eigenvalue weighted by Crippen LogP contribution is 2.26. The summed E-state index contributed by atoms with van der Waals surface area (Å²) in [6.45, 7) is 5.55. The number of amides is 1. The Balaban J connectivity index is 2.02. The molecule has 2 heterocycles. The lowest BCUT2D eigenvalue weighted by molar-refractivity contribution is -0.000308. The number of carbonyl (C=O) groups is 1. The predicted octanol–water partition coefficient (Wildman–Crippen LogP) is 2.94. The molecule has 2 rings (SSSR count). The van der Waals surface area contributed by atoms with Crippen LogP contribution in [0.2, 0.25) is 0 Å². The van der Waals surface area contributed by atoms with Gasteiger partial charge < -0.3 is 9.64 Å². The molecule has 1 amide bonds. The zero-order valence-electron chi connectivity index (χ0n) is 12.3. The summed E-state index contributed by atoms with van der Waals surface area (Å²) in [6, 6.07) is 0. The molecule has 1 aliphatic rings. The molecule has 5 nitrogen and oxygen atoms in total. The highest BCUT2D eigenvalue weighted by Gasteiger charge is 2.24. The largest absolute Gasteiger partial charge is 0.376 e. The molecular formula is C14H22BrN3O2. The summed E-state index contributed by atoms with van der Waals surface area (Å²) >= 11 is 3.47. The maximum Gasteiger partial charge on any atom is 0.275 e. The van der Waals surface area contributed by atoms with Gasteiger partial charge in [-0.15, -0.1) is 0 Å². The van der Waals surface area contributed by atoms with Gasteiger partial charge in [0.2, 0.25) is 0 Å². The first-order chi connectivity index (χ1) is 9.50. The van der Waals surface area contributed by atoms with Gasteiger partial charge in [-0.3, -0.25) is 9.89 Å². The molecule has 0 radical (unpaired) electrons. The third kappa shape index (κ3) is 3.41. The van der Waals surface area contributed by atoms with E-state index in [2.05, 4.69) is 40.0 Å². The Kier molecular flexibility index (Phi) is 5.21. The molecule has 0 saturated carbocycles. The smallest absolute Gasteiger partial charge is 0.275 e. The second-order valence-electron chi connectivity index (χ2n) is 5.63. The maximum atomic E-state index is 12.4. The summed E-state index contributed by atoms with van der Waals surface area (Å²) in [7, 11) is 1.80. The molecule has 20 heavy (non-hydrogen) atoms. The summed E-state index contributed by atoms with van der Waals surface area (Å²) in [4.78, 5) is 14.1. The molecule has 1 aromatic heterocycles. The van der Waals surface area contributed by atoms with E-state index in [9.17, 15) is 4.79 Å². The fraction of sp³-hybridized carbons (Fsp3) is 0.714. The standard InChI is InChI=1S/C14H22BrN3O2/c1-9(2)12-11(15)13(17-16-12)14(19)18(3)8-10-6-4-5-7-20-10/h9-10H,4-8H2,1-3H3,(H,16,17)/t10-/m0/s1. The van der Waals surface area contributed by atoms with Crippen LogP contribution in [0.1, 0.15) is 55.2 Å². The van der Waals surface area contributed by atoms with Crippen LogP contribution in [0.5, 0.6) is 0 Å². The predicted molar refractivity (Wildman–Crippen MR) is 80.9 cm³/mol. The monoisotopic (exact) mass is 343 g/mol. The summed E-state index contributed by atoms with van der Waals surface area (Å²) in [5.41, 5.74) is 1.41. The molecule has 6 heteroatoms. The van der Waals surface area contributed by atoms with E-state index in [1.807, 2.05) is 0 Å². The van der Waals surface area contributed by atoms with Crippen LogP contribution in [0, 0.1) is 0 Å². The fourth-order valence-corrected chi connectivity index (χ4v) is 3.19. The molecule has 1 aromatic rings. The molecular weight excluding hydrogens is 322 g/mol. The van der Waals surface area contributed by atoms with Crippen molar-refractivity contribution < 1.29 is 9.53 Å². The van der Waals surface area contributed by atoms with Crippen LogP contribution in [0.4, 0.5) is 0 Å². The van der Waals surface area contributed by atoms with E-state index >= 15 is 0 Å². The molecule has 1 atom stereocenters. The lowest BCUT2D eigenvalue weighted by atomic mass is 10.1. The number of nitrogens with zero attached hydrogens (tertiary/aromatic N) is 2. The number of hydrogen-bond donors (Lipinski definition) is 1. The van der Waals surface area contributed by atoms with Crippen molar-refractivity contribution in [3.63, 3.8) is 0 Å². The number of rotatable bonds is 4. The summed E-state index contributed by atoms with van der Waals surface area (Å²) in [5, 5.41) is 7.08. The Morgan fingerprint density at radius 2 is 2.30 bits per heavy atom. The molecule has 0 bridgehead atoms. The molecule has 1 saturated heterocycles. The van der Waals surface area contributed by atoms with Gasteiger partial charge in [-0.25, -0.2) is 0 Å². The van der Waals surface area contributed by atoms with Crippen LogP contribution in [0.25, 0.3) is 0 Å². The van der Waals surface area contributed by atoms with Crippen molar-refractivity contribution in [1.82, 2.24) is 15.1 Å². The summed E-state index contributed by atoms with van der Waals surface area (Å²) in [5.74, 6) is 0.222. The Morgan fingerprint density at radius 1 is 1.55 bits per heavy atom. The van der Waals surface area contributed by atoms with Crippen molar-refractivity contribution in [2.45, 2.75) is 45.1 Å². The van der Waals surface area contributed by atoms with Crippen molar-refractivity contribution in [3.05, 3.63) is 15.9 Å². The van der Waals surface area contributed by atoms with Crippen LogP contribution in [0.3, 0.4) is 0 Å². The minimum Gasteiger partial charge on any atom is -0.376 e. The van der Waals surface area contributed by atoms with Gasteiger partial charge in [-0.1, -0.05) is 13.8 Å². The average molecular weight is 344 g/mol. The molecule has 0 aromatic carbocycles. The third-order valence-corrected chi connectivity index (χ3v) is 4.41. The lowest BCUT2D eigenvalue weighted by Gasteiger charge is -2.27. The number of aromatic nitrogens is 2. The Bertz CT molecular complexity index is 467. The minimum absolute atomic E-state index is 0.0748. The van der Waals surface area contributed by atoms with E-state index in [4.69, 9.17) is 4.74 Å². The van der Waals surface area contributed by atoms with E-state index < -0.39 is 0 Å². The van der Waals surface area contributed by atoms with Crippen molar-refractivity contribution in [2.24, 2.45) is 0 Å². The Hall–Kier alpha value is -0.880. The second kappa shape index (κ2) is 6.72. The first-order valence-corrected chi connectivity index (χ1v) is 7.90. The normalized spacial score (nSPS) is 19.4. The van der Waals surface area contributed by atoms with Crippen LogP contribution in [-0.2, 0) is 4.74 Å². The number of hydrogen-bond acceptors (Lipinski definition) is 3. The molecule has 1 N–H and O–H groups in total. The fourth-order valence-electron chi connectivity index (χ4n) is 2.39. The van der Waals surface area contributed by atoms with E-state index in [1.54, 1.807) is 11.9 Å². The zero-order chi connectivity index (χ0) is 14.7. The molecule has 0 aliphatic carbocycles. The van der Waals surface area contributed by atoms with Crippen molar-refractivity contribution in [3.8, 4) is 0 Å². The molecule has 0 spiro atoms. The Morgan fingerprint density at radius 3 is 2.85 bits per heavy atom. The summed E-state index contributed by atoms with van der Waals surface area (Å²) < 4.78 is 6.45. The molecule has 0 unspecified atom stereocenters. The minimum atomic E-state index is -0.0748. The first-order valence-electron chi connectivity index (χ1n) is 7.11. The van der Waals surface area contributed by atoms with Crippen LogP contribution < -0.4 is 0 Å². The number of aromatic amines is 1. The van der Waals surface area contributed by atoms with Crippen molar-refractivity contribution >= 4 is 21.8 Å². The van der Waals surface area contributed by atoms with Crippen molar-refractivity contribution in [1.29, 1.82) is 0 Å². The van der Waals surface area contributed by atoms with Crippen LogP contribution >= 0.6 is 15.9 Å². The highest BCUT2D eigenvalue weighted by molar-refractivity contribution is 9.10. The zero-order valence-corrected chi connectivity index (χ0v) is 13.9. The number of likely N-dealkylation sites (N-methyl/N-ethyl adjacent to an activating group) is 1. The molecule has 112 valence electrons. The lowest BCUT2D eigenvalue weighted by Crippen LogP contribution is -2.37. The van der Waals surface area contributed by atoms with E-state index in [0.717, 1.165) is 29.6 Å². The van der Waals surface area contributed by atoms with Crippen LogP contribution in [-0.4, -0.2) is 47.3 Å². The van der Waals surface area contributed by atoms with Gasteiger partial charge in [0.15, 0.2) is 5.69 Å². The van der Waals surface area contributed by atoms with Gasteiger partial charge in [-0.05, 0) is 41.1 Å². The first kappa shape index (κ1) is 15.5. The quantitative estimate of drug-likeness (QED) is 0.914. The van der Waals surface area contributed by atoms with E-state index in [0.29, 0.717) is 18.2 Å². The number of nitrogens with one attached hydrogen (secondary N) is 1. The molecule has 1 aliphatic heterocycles. The van der Waals surface area contributed by atoms with Gasteiger partial charge in [0.1, 0.15) is 0 Å². The highest BCUT2D eigenvalue weighted by atomic mass is 79.9. The number of halogens is 1. The van der Waals surface area contributed by atoms with Crippen LogP contribution in [0.15, 0.2) is 4.47 Å². The maximum absolute atomic E-state index is 12.4. The van der Waals surface area contributed by atoms with Gasteiger partial charge >= 0.3 is 0 Å². The van der Waals surface area contributed by atoms with Gasteiger partial charge in [0.25, 0.3) is 5.91 Å². The topological polar surface area (TPSA) is 58.2 Å². The van der Waals surface area contributed by atoms with E-state index in [-0.39, 0.29) is 12.0 Å². The van der Waals surface area contributed by atoms with Crippen molar-refractivity contribution in [2.75, 3.05) is 20.2 Å². The van der Waals surface area contributed by atoms with Gasteiger partial charge in [0.05, 0.1) is 16.3 Å². The van der Waals surface area contributed by atoms with Gasteiger partial charge in [0, 0.05) is 20.2 Å². The number of ether oxygens (including phenoxy) is 1. The van der Waals surface area contributed by atoms with Gasteiger partial charge in [-0.2, -0.15) is 5.10 Å². The third-order valence-electron chi connectivity index (χ3n) is 3.61. The number of carbonyl (C=O) groups excluding carboxylic acids is 1.